The lowest BCUT2D eigenvalue weighted by atomic mass is 10.00. The molecule has 0 spiro atoms. The number of carbonyl (C=O) groups excluding carboxylic acids is 1. The number of anilines is 1. The molecule has 0 saturated carbocycles. The van der Waals surface area contributed by atoms with E-state index in [0.717, 1.165) is 40.9 Å². The number of carbonyl (C=O) groups is 1. The third kappa shape index (κ3) is 7.62. The third-order valence-corrected chi connectivity index (χ3v) is 8.51. The first-order valence-electron chi connectivity index (χ1n) is 14.4. The van der Waals surface area contributed by atoms with E-state index in [1.165, 1.54) is 34.9 Å². The highest BCUT2D eigenvalue weighted by Crippen LogP contribution is 2.37. The molecule has 5 rings (SSSR count). The zero-order valence-corrected chi connectivity index (χ0v) is 27.0. The van der Waals surface area contributed by atoms with Gasteiger partial charge in [-0.15, -0.1) is 5.10 Å². The molecule has 1 aromatic heterocycles. The number of amides is 1. The molecular weight excluding hydrogens is 660 g/mol. The molecule has 0 bridgehead atoms. The van der Waals surface area contributed by atoms with E-state index in [9.17, 15) is 26.7 Å². The van der Waals surface area contributed by atoms with E-state index in [1.807, 2.05) is 63.2 Å². The Labute approximate surface area is 277 Å². The van der Waals surface area contributed by atoms with Gasteiger partial charge in [0.15, 0.2) is 16.1 Å². The van der Waals surface area contributed by atoms with Crippen molar-refractivity contribution in [3.8, 4) is 22.8 Å². The smallest absolute Gasteiger partial charge is 0.426 e. The summed E-state index contributed by atoms with van der Waals surface area (Å²) in [6, 6.07) is 18.1. The SMILES string of the molecule is CCc1cccc(C)c1N1C(=O)CSC1=NC(=S)NCC(C)c1ccc(-c2ncn(-c3ccc(OC(F)(F)C(F)(F)F)cc3)n2)cc1. The molecule has 0 aliphatic carbocycles. The van der Waals surface area contributed by atoms with Crippen molar-refractivity contribution in [1.29, 1.82) is 0 Å². The van der Waals surface area contributed by atoms with Crippen molar-refractivity contribution >= 4 is 45.9 Å². The second kappa shape index (κ2) is 13.8. The minimum atomic E-state index is -5.83. The van der Waals surface area contributed by atoms with Crippen LogP contribution in [0.15, 0.2) is 78.0 Å². The molecule has 15 heteroatoms. The predicted octanol–water partition coefficient (Wildman–Crippen LogP) is 7.45. The average molecular weight is 689 g/mol. The normalized spacial score (nSPS) is 15.3. The van der Waals surface area contributed by atoms with Crippen LogP contribution in [0.3, 0.4) is 0 Å². The Morgan fingerprint density at radius 1 is 1.09 bits per heavy atom. The van der Waals surface area contributed by atoms with Gasteiger partial charge in [-0.2, -0.15) is 26.9 Å². The van der Waals surface area contributed by atoms with Crippen molar-refractivity contribution in [2.75, 3.05) is 17.2 Å². The molecule has 1 amide bonds. The number of hydrogen-bond acceptors (Lipinski definition) is 6. The van der Waals surface area contributed by atoms with Crippen LogP contribution in [0.2, 0.25) is 0 Å². The molecule has 47 heavy (non-hydrogen) atoms. The number of nitrogens with zero attached hydrogens (tertiary/aromatic N) is 5. The summed E-state index contributed by atoms with van der Waals surface area (Å²) in [5.74, 6) is 0.0498. The number of amidine groups is 1. The minimum absolute atomic E-state index is 0.0342. The monoisotopic (exact) mass is 688 g/mol. The Kier molecular flexibility index (Phi) is 9.96. The van der Waals surface area contributed by atoms with E-state index in [0.29, 0.717) is 34.5 Å². The predicted molar refractivity (Wildman–Crippen MR) is 175 cm³/mol. The molecule has 1 unspecified atom stereocenters. The number of ether oxygens (including phenoxy) is 1. The van der Waals surface area contributed by atoms with Crippen molar-refractivity contribution in [3.05, 3.63) is 89.7 Å². The lowest BCUT2D eigenvalue weighted by Crippen LogP contribution is -2.41. The molecule has 1 N–H and O–H groups in total. The van der Waals surface area contributed by atoms with Crippen molar-refractivity contribution in [2.45, 2.75) is 45.4 Å². The number of halogens is 5. The Morgan fingerprint density at radius 2 is 1.79 bits per heavy atom. The summed E-state index contributed by atoms with van der Waals surface area (Å²) in [6.07, 6.45) is -8.97. The van der Waals surface area contributed by atoms with E-state index < -0.39 is 18.0 Å². The maximum absolute atomic E-state index is 13.2. The zero-order valence-electron chi connectivity index (χ0n) is 25.4. The molecule has 1 atom stereocenters. The van der Waals surface area contributed by atoms with E-state index in [4.69, 9.17) is 12.2 Å². The van der Waals surface area contributed by atoms with Crippen LogP contribution in [0.4, 0.5) is 27.6 Å². The fourth-order valence-electron chi connectivity index (χ4n) is 4.83. The van der Waals surface area contributed by atoms with Crippen molar-refractivity contribution in [1.82, 2.24) is 20.1 Å². The first kappa shape index (κ1) is 34.0. The maximum atomic E-state index is 13.2. The van der Waals surface area contributed by atoms with Gasteiger partial charge in [0, 0.05) is 12.1 Å². The summed E-state index contributed by atoms with van der Waals surface area (Å²) in [7, 11) is 0. The van der Waals surface area contributed by atoms with Crippen LogP contribution in [-0.4, -0.2) is 55.5 Å². The first-order valence-corrected chi connectivity index (χ1v) is 15.8. The largest absolute Gasteiger partial charge is 0.499 e. The lowest BCUT2D eigenvalue weighted by Gasteiger charge is -2.22. The summed E-state index contributed by atoms with van der Waals surface area (Å²) in [5, 5.41) is 8.41. The zero-order chi connectivity index (χ0) is 33.9. The number of alkyl halides is 5. The van der Waals surface area contributed by atoms with Crippen molar-refractivity contribution in [2.24, 2.45) is 4.99 Å². The highest BCUT2D eigenvalue weighted by atomic mass is 32.2. The van der Waals surface area contributed by atoms with Gasteiger partial charge in [0.05, 0.1) is 17.1 Å². The molecule has 0 radical (unpaired) electrons. The number of aliphatic imine (C=N–C) groups is 1. The summed E-state index contributed by atoms with van der Waals surface area (Å²) in [4.78, 5) is 23.3. The van der Waals surface area contributed by atoms with Crippen LogP contribution in [0.25, 0.3) is 17.1 Å². The van der Waals surface area contributed by atoms with E-state index in [2.05, 4.69) is 25.1 Å². The lowest BCUT2D eigenvalue weighted by molar-refractivity contribution is -0.360. The molecule has 1 saturated heterocycles. The van der Waals surface area contributed by atoms with Gasteiger partial charge in [0.1, 0.15) is 12.1 Å². The number of rotatable bonds is 9. The highest BCUT2D eigenvalue weighted by Gasteiger charge is 2.61. The summed E-state index contributed by atoms with van der Waals surface area (Å²) >= 11 is 6.87. The van der Waals surface area contributed by atoms with E-state index in [-0.39, 0.29) is 16.9 Å². The van der Waals surface area contributed by atoms with Gasteiger partial charge in [0.25, 0.3) is 0 Å². The van der Waals surface area contributed by atoms with Gasteiger partial charge in [-0.3, -0.25) is 9.69 Å². The van der Waals surface area contributed by atoms with Crippen LogP contribution >= 0.6 is 24.0 Å². The summed E-state index contributed by atoms with van der Waals surface area (Å²) in [6.45, 7) is 6.55. The fourth-order valence-corrected chi connectivity index (χ4v) is 5.91. The molecule has 3 aromatic carbocycles. The second-order valence-corrected chi connectivity index (χ2v) is 12.0. The average Bonchev–Trinajstić information content (AvgIpc) is 3.66. The number of aryl methyl sites for hydroxylation is 2. The standard InChI is InChI=1S/C32H29F5N6O2S2/c1-4-21-7-5-6-19(2)27(21)43-26(44)17-47-30(43)40-29(46)38-16-20(3)22-8-10-23(11-9-22)28-39-18-42(41-28)24-12-14-25(15-13-24)45-32(36,37)31(33,34)35/h5-15,18,20H,4,16-17H2,1-3H3,(H,38,46). The number of benzene rings is 3. The van der Waals surface area contributed by atoms with Crippen LogP contribution in [0.5, 0.6) is 5.75 Å². The molecule has 4 aromatic rings. The van der Waals surface area contributed by atoms with Crippen LogP contribution in [-0.2, 0) is 11.2 Å². The van der Waals surface area contributed by atoms with Crippen LogP contribution in [0, 0.1) is 6.92 Å². The summed E-state index contributed by atoms with van der Waals surface area (Å²) in [5.41, 5.74) is 5.03. The Hall–Kier alpha value is -4.37. The molecule has 2 heterocycles. The minimum Gasteiger partial charge on any atom is -0.426 e. The van der Waals surface area contributed by atoms with Crippen molar-refractivity contribution in [3.63, 3.8) is 0 Å². The Bertz CT molecular complexity index is 1790. The number of para-hydroxylation sites is 1. The second-order valence-electron chi connectivity index (χ2n) is 10.7. The number of thioether (sulfide) groups is 1. The first-order chi connectivity index (χ1) is 22.3. The summed E-state index contributed by atoms with van der Waals surface area (Å²) < 4.78 is 68.8. The Balaban J connectivity index is 1.19. The molecule has 8 nitrogen and oxygen atoms in total. The Morgan fingerprint density at radius 3 is 2.45 bits per heavy atom. The van der Waals surface area contributed by atoms with E-state index >= 15 is 0 Å². The molecule has 246 valence electrons. The maximum Gasteiger partial charge on any atom is 0.499 e. The number of thiocarbonyl (C=S) groups is 1. The number of hydrogen-bond donors (Lipinski definition) is 1. The van der Waals surface area contributed by atoms with Gasteiger partial charge in [-0.05, 0) is 72.4 Å². The van der Waals surface area contributed by atoms with Crippen LogP contribution < -0.4 is 15.0 Å². The van der Waals surface area contributed by atoms with Gasteiger partial charge < -0.3 is 10.1 Å². The van der Waals surface area contributed by atoms with E-state index in [1.54, 1.807) is 4.90 Å². The van der Waals surface area contributed by atoms with Crippen molar-refractivity contribution < 1.29 is 31.5 Å². The molecule has 1 fully saturated rings. The third-order valence-electron chi connectivity index (χ3n) is 7.36. The van der Waals surface area contributed by atoms with Crippen LogP contribution in [0.1, 0.15) is 36.5 Å². The highest BCUT2D eigenvalue weighted by molar-refractivity contribution is 8.15. The molecule has 1 aliphatic rings. The topological polar surface area (TPSA) is 84.6 Å². The van der Waals surface area contributed by atoms with Gasteiger partial charge in [-0.25, -0.2) is 9.67 Å². The quantitative estimate of drug-likeness (QED) is 0.145. The van der Waals surface area contributed by atoms with Gasteiger partial charge in [-0.1, -0.05) is 68.1 Å². The fraction of sp³-hybridized carbons (Fsp3) is 0.281. The van der Waals surface area contributed by atoms with Gasteiger partial charge >= 0.3 is 12.3 Å². The number of nitrogens with one attached hydrogen (secondary N) is 1. The molecule has 1 aliphatic heterocycles. The molecular formula is C32H29F5N6O2S2. The number of aromatic nitrogens is 3. The van der Waals surface area contributed by atoms with Gasteiger partial charge in [0.2, 0.25) is 5.91 Å².